The van der Waals surface area contributed by atoms with Crippen molar-refractivity contribution in [3.05, 3.63) is 71.5 Å². The van der Waals surface area contributed by atoms with Gasteiger partial charge in [-0.25, -0.2) is 14.6 Å². The third kappa shape index (κ3) is 3.95. The van der Waals surface area contributed by atoms with E-state index >= 15 is 0 Å². The predicted octanol–water partition coefficient (Wildman–Crippen LogP) is 4.60. The molecule has 152 valence electrons. The molecule has 3 aromatic heterocycles. The molecule has 1 N–H and O–H groups in total. The van der Waals surface area contributed by atoms with Gasteiger partial charge in [0.1, 0.15) is 5.75 Å². The van der Waals surface area contributed by atoms with Gasteiger partial charge in [-0.15, -0.1) is 11.3 Å². The van der Waals surface area contributed by atoms with E-state index in [2.05, 4.69) is 20.4 Å². The average molecular weight is 420 g/mol. The maximum Gasteiger partial charge on any atom is 0.260 e. The highest BCUT2D eigenvalue weighted by Crippen LogP contribution is 2.32. The number of aromatic nitrogens is 4. The molecule has 0 aliphatic carbocycles. The number of hydrogen-bond acceptors (Lipinski definition) is 6. The maximum atomic E-state index is 12.9. The molecule has 4 rings (SSSR count). The first-order chi connectivity index (χ1) is 14.7. The Hall–Kier alpha value is -3.52. The lowest BCUT2D eigenvalue weighted by Crippen LogP contribution is -2.14. The molecule has 30 heavy (non-hydrogen) atoms. The van der Waals surface area contributed by atoms with Crippen molar-refractivity contribution in [2.24, 2.45) is 0 Å². The van der Waals surface area contributed by atoms with Gasteiger partial charge in [0.05, 0.1) is 29.8 Å². The van der Waals surface area contributed by atoms with Gasteiger partial charge in [0.2, 0.25) is 0 Å². The average Bonchev–Trinajstić information content (AvgIpc) is 3.42. The Bertz CT molecular complexity index is 1150. The van der Waals surface area contributed by atoms with Gasteiger partial charge >= 0.3 is 0 Å². The van der Waals surface area contributed by atoms with E-state index in [0.29, 0.717) is 29.5 Å². The number of pyridine rings is 1. The van der Waals surface area contributed by atoms with Gasteiger partial charge in [-0.1, -0.05) is 25.1 Å². The fourth-order valence-electron chi connectivity index (χ4n) is 3.16. The van der Waals surface area contributed by atoms with E-state index in [4.69, 9.17) is 4.74 Å². The quantitative estimate of drug-likeness (QED) is 0.473. The summed E-state index contributed by atoms with van der Waals surface area (Å²) in [7, 11) is 0. The fraction of sp³-hybridized carbons (Fsp3) is 0.182. The van der Waals surface area contributed by atoms with E-state index in [0.717, 1.165) is 22.7 Å². The van der Waals surface area contributed by atoms with Crippen LogP contribution in [0.5, 0.6) is 5.75 Å². The molecule has 0 aliphatic rings. The normalized spacial score (nSPS) is 10.7. The van der Waals surface area contributed by atoms with Crippen LogP contribution in [0.4, 0.5) is 5.13 Å². The van der Waals surface area contributed by atoms with Gasteiger partial charge in [-0.2, -0.15) is 5.10 Å². The fourth-order valence-corrected chi connectivity index (χ4v) is 3.86. The summed E-state index contributed by atoms with van der Waals surface area (Å²) in [5, 5.41) is 9.69. The van der Waals surface area contributed by atoms with Crippen LogP contribution in [0.3, 0.4) is 0 Å². The molecule has 8 heteroatoms. The highest BCUT2D eigenvalue weighted by Gasteiger charge is 2.19. The highest BCUT2D eigenvalue weighted by atomic mass is 32.1. The van der Waals surface area contributed by atoms with Gasteiger partial charge in [0.15, 0.2) is 10.9 Å². The SMILES string of the molecule is CCOc1ccccc1-c1csc(NC(=O)c2cnn(-c3ccccn3)c2CC)n1. The summed E-state index contributed by atoms with van der Waals surface area (Å²) in [6.07, 6.45) is 3.92. The second kappa shape index (κ2) is 8.87. The molecule has 0 bridgehead atoms. The Kier molecular flexibility index (Phi) is 5.85. The minimum Gasteiger partial charge on any atom is -0.493 e. The lowest BCUT2D eigenvalue weighted by Gasteiger charge is -2.08. The first-order valence-corrected chi connectivity index (χ1v) is 10.6. The van der Waals surface area contributed by atoms with E-state index in [9.17, 15) is 4.79 Å². The van der Waals surface area contributed by atoms with Crippen molar-refractivity contribution >= 4 is 22.4 Å². The molecule has 0 aliphatic heterocycles. The Morgan fingerprint density at radius 2 is 2.00 bits per heavy atom. The van der Waals surface area contributed by atoms with Gasteiger partial charge in [-0.3, -0.25) is 10.1 Å². The lowest BCUT2D eigenvalue weighted by molar-refractivity contribution is 0.102. The molecule has 0 radical (unpaired) electrons. The van der Waals surface area contributed by atoms with Gasteiger partial charge in [-0.05, 0) is 37.6 Å². The van der Waals surface area contributed by atoms with Crippen LogP contribution in [0.2, 0.25) is 0 Å². The zero-order chi connectivity index (χ0) is 20.9. The van der Waals surface area contributed by atoms with E-state index in [-0.39, 0.29) is 5.91 Å². The maximum absolute atomic E-state index is 12.9. The summed E-state index contributed by atoms with van der Waals surface area (Å²) >= 11 is 1.37. The molecule has 7 nitrogen and oxygen atoms in total. The smallest absolute Gasteiger partial charge is 0.260 e. The lowest BCUT2D eigenvalue weighted by atomic mass is 10.1. The van der Waals surface area contributed by atoms with Crippen LogP contribution in [0.15, 0.2) is 60.2 Å². The largest absolute Gasteiger partial charge is 0.493 e. The molecule has 3 heterocycles. The number of benzene rings is 1. The van der Waals surface area contributed by atoms with Crippen molar-refractivity contribution in [2.45, 2.75) is 20.3 Å². The molecule has 1 amide bonds. The number of anilines is 1. The van der Waals surface area contributed by atoms with E-state index in [1.54, 1.807) is 17.1 Å². The third-order valence-corrected chi connectivity index (χ3v) is 5.26. The summed E-state index contributed by atoms with van der Waals surface area (Å²) in [4.78, 5) is 21.8. The zero-order valence-electron chi connectivity index (χ0n) is 16.7. The second-order valence-corrected chi connectivity index (χ2v) is 7.24. The van der Waals surface area contributed by atoms with Crippen molar-refractivity contribution < 1.29 is 9.53 Å². The second-order valence-electron chi connectivity index (χ2n) is 6.38. The molecule has 0 atom stereocenters. The van der Waals surface area contributed by atoms with Crippen LogP contribution in [-0.2, 0) is 6.42 Å². The third-order valence-electron chi connectivity index (χ3n) is 4.50. The number of thiazole rings is 1. The van der Waals surface area contributed by atoms with Crippen molar-refractivity contribution in [2.75, 3.05) is 11.9 Å². The Morgan fingerprint density at radius 3 is 2.77 bits per heavy atom. The number of para-hydroxylation sites is 1. The zero-order valence-corrected chi connectivity index (χ0v) is 17.5. The molecule has 0 spiro atoms. The summed E-state index contributed by atoms with van der Waals surface area (Å²) in [5.74, 6) is 1.21. The first-order valence-electron chi connectivity index (χ1n) is 9.68. The highest BCUT2D eigenvalue weighted by molar-refractivity contribution is 7.14. The number of nitrogens with one attached hydrogen (secondary N) is 1. The minimum atomic E-state index is -0.243. The molecule has 0 saturated heterocycles. The monoisotopic (exact) mass is 419 g/mol. The van der Waals surface area contributed by atoms with Crippen LogP contribution in [0.1, 0.15) is 29.9 Å². The molecule has 0 unspecified atom stereocenters. The van der Waals surface area contributed by atoms with Crippen molar-refractivity contribution in [3.8, 4) is 22.8 Å². The van der Waals surface area contributed by atoms with E-state index < -0.39 is 0 Å². The summed E-state index contributed by atoms with van der Waals surface area (Å²) < 4.78 is 7.38. The van der Waals surface area contributed by atoms with Crippen molar-refractivity contribution in [3.63, 3.8) is 0 Å². The molecule has 1 aromatic carbocycles. The summed E-state index contributed by atoms with van der Waals surface area (Å²) in [6, 6.07) is 13.3. The number of nitrogens with zero attached hydrogens (tertiary/aromatic N) is 4. The Balaban J connectivity index is 1.57. The van der Waals surface area contributed by atoms with Gasteiger partial charge in [0, 0.05) is 17.1 Å². The van der Waals surface area contributed by atoms with Crippen molar-refractivity contribution in [1.82, 2.24) is 19.7 Å². The molecule has 0 fully saturated rings. The number of carbonyl (C=O) groups is 1. The Labute approximate surface area is 178 Å². The van der Waals surface area contributed by atoms with Crippen LogP contribution < -0.4 is 10.1 Å². The summed E-state index contributed by atoms with van der Waals surface area (Å²) in [5.41, 5.74) is 2.96. The molecule has 4 aromatic rings. The van der Waals surface area contributed by atoms with Gasteiger partial charge in [0.25, 0.3) is 5.91 Å². The number of carbonyl (C=O) groups excluding carboxylic acids is 1. The summed E-state index contributed by atoms with van der Waals surface area (Å²) in [6.45, 7) is 4.50. The molecular formula is C22H21N5O2S. The number of hydrogen-bond donors (Lipinski definition) is 1. The van der Waals surface area contributed by atoms with Crippen LogP contribution in [0.25, 0.3) is 17.1 Å². The Morgan fingerprint density at radius 1 is 1.17 bits per heavy atom. The number of ether oxygens (including phenoxy) is 1. The van der Waals surface area contributed by atoms with Crippen LogP contribution in [0, 0.1) is 0 Å². The number of amides is 1. The van der Waals surface area contributed by atoms with Crippen molar-refractivity contribution in [1.29, 1.82) is 0 Å². The standard InChI is InChI=1S/C22H21N5O2S/c1-3-18-16(13-24-27(18)20-11-7-8-12-23-20)21(28)26-22-25-17(14-30-22)15-9-5-6-10-19(15)29-4-2/h5-14H,3-4H2,1-2H3,(H,25,26,28). The van der Waals surface area contributed by atoms with E-state index in [1.165, 1.54) is 11.3 Å². The van der Waals surface area contributed by atoms with Crippen LogP contribution >= 0.6 is 11.3 Å². The first kappa shape index (κ1) is 19.8. The van der Waals surface area contributed by atoms with E-state index in [1.807, 2.05) is 61.7 Å². The van der Waals surface area contributed by atoms with Gasteiger partial charge < -0.3 is 4.74 Å². The minimum absolute atomic E-state index is 0.243. The van der Waals surface area contributed by atoms with Crippen LogP contribution in [-0.4, -0.2) is 32.3 Å². The predicted molar refractivity (Wildman–Crippen MR) is 117 cm³/mol. The molecular weight excluding hydrogens is 398 g/mol. The number of rotatable bonds is 7. The molecule has 0 saturated carbocycles. The topological polar surface area (TPSA) is 81.9 Å².